The summed E-state index contributed by atoms with van der Waals surface area (Å²) < 4.78 is 1.85. The average Bonchev–Trinajstić information content (AvgIpc) is 2.97. The Morgan fingerprint density at radius 2 is 1.85 bits per heavy atom. The first-order valence-electron chi connectivity index (χ1n) is 8.99. The largest absolute Gasteiger partial charge is 0.378 e. The van der Waals surface area contributed by atoms with Gasteiger partial charge in [0.1, 0.15) is 0 Å². The molecule has 0 aliphatic carbocycles. The van der Waals surface area contributed by atoms with Crippen LogP contribution in [0.2, 0.25) is 0 Å². The Morgan fingerprint density at radius 3 is 2.48 bits per heavy atom. The molecule has 0 bridgehead atoms. The lowest BCUT2D eigenvalue weighted by Gasteiger charge is -2.12. The molecule has 0 unspecified atom stereocenters. The first kappa shape index (κ1) is 18.6. The van der Waals surface area contributed by atoms with Gasteiger partial charge in [0.15, 0.2) is 5.82 Å². The van der Waals surface area contributed by atoms with Gasteiger partial charge < -0.3 is 10.2 Å². The molecule has 2 aromatic heterocycles. The van der Waals surface area contributed by atoms with Crippen LogP contribution >= 0.6 is 0 Å². The summed E-state index contributed by atoms with van der Waals surface area (Å²) in [7, 11) is 3.95. The molecule has 3 rings (SSSR count). The van der Waals surface area contributed by atoms with E-state index in [2.05, 4.69) is 15.4 Å². The first-order chi connectivity index (χ1) is 13.0. The van der Waals surface area contributed by atoms with Crippen LogP contribution in [0.5, 0.6) is 0 Å². The van der Waals surface area contributed by atoms with E-state index in [0.717, 1.165) is 34.9 Å². The summed E-state index contributed by atoms with van der Waals surface area (Å²) in [5.41, 5.74) is 4.89. The van der Waals surface area contributed by atoms with Gasteiger partial charge in [-0.25, -0.2) is 9.67 Å². The molecule has 1 aromatic carbocycles. The van der Waals surface area contributed by atoms with Gasteiger partial charge in [0.2, 0.25) is 0 Å². The number of amides is 1. The number of aryl methyl sites for hydroxylation is 1. The Kier molecular flexibility index (Phi) is 5.54. The minimum Gasteiger partial charge on any atom is -0.378 e. The molecule has 0 saturated heterocycles. The normalized spacial score (nSPS) is 10.7. The average molecular weight is 363 g/mol. The molecule has 0 radical (unpaired) electrons. The van der Waals surface area contributed by atoms with Crippen LogP contribution < -0.4 is 10.2 Å². The molecule has 0 spiro atoms. The van der Waals surface area contributed by atoms with Crippen molar-refractivity contribution >= 4 is 11.6 Å². The van der Waals surface area contributed by atoms with Crippen molar-refractivity contribution in [1.82, 2.24) is 20.1 Å². The summed E-state index contributed by atoms with van der Waals surface area (Å²) in [5, 5.41) is 7.59. The number of nitrogens with zero attached hydrogens (tertiary/aromatic N) is 4. The van der Waals surface area contributed by atoms with Gasteiger partial charge in [-0.05, 0) is 62.2 Å². The monoisotopic (exact) mass is 363 g/mol. The highest BCUT2D eigenvalue weighted by Gasteiger charge is 2.14. The second-order valence-corrected chi connectivity index (χ2v) is 6.70. The maximum atomic E-state index is 12.4. The SMILES string of the molecule is Cc1nn(-c2ccccn2)c(C)c1CCNC(=O)c1ccc(N(C)C)cc1. The topological polar surface area (TPSA) is 63.1 Å². The third-order valence-corrected chi connectivity index (χ3v) is 4.61. The van der Waals surface area contributed by atoms with Gasteiger partial charge in [-0.3, -0.25) is 4.79 Å². The number of aromatic nitrogens is 3. The van der Waals surface area contributed by atoms with Crippen LogP contribution in [-0.4, -0.2) is 41.3 Å². The van der Waals surface area contributed by atoms with Crippen molar-refractivity contribution in [3.8, 4) is 5.82 Å². The number of hydrogen-bond donors (Lipinski definition) is 1. The van der Waals surface area contributed by atoms with Gasteiger partial charge in [0, 0.05) is 43.8 Å². The van der Waals surface area contributed by atoms with Crippen molar-refractivity contribution in [3.05, 3.63) is 71.2 Å². The molecular formula is C21H25N5O. The van der Waals surface area contributed by atoms with E-state index in [0.29, 0.717) is 12.1 Å². The summed E-state index contributed by atoms with van der Waals surface area (Å²) in [6, 6.07) is 13.3. The molecule has 140 valence electrons. The number of carbonyl (C=O) groups is 1. The minimum absolute atomic E-state index is 0.0623. The molecule has 1 amide bonds. The third kappa shape index (κ3) is 4.16. The predicted molar refractivity (Wildman–Crippen MR) is 108 cm³/mol. The number of anilines is 1. The predicted octanol–water partition coefficient (Wildman–Crippen LogP) is 2.92. The summed E-state index contributed by atoms with van der Waals surface area (Å²) in [5.74, 6) is 0.738. The van der Waals surface area contributed by atoms with E-state index in [1.54, 1.807) is 6.20 Å². The van der Waals surface area contributed by atoms with E-state index in [-0.39, 0.29) is 5.91 Å². The fraction of sp³-hybridized carbons (Fsp3) is 0.286. The Bertz CT molecular complexity index is 914. The van der Waals surface area contributed by atoms with Crippen LogP contribution in [0.4, 0.5) is 5.69 Å². The lowest BCUT2D eigenvalue weighted by atomic mass is 10.1. The molecule has 0 aliphatic rings. The van der Waals surface area contributed by atoms with Crippen molar-refractivity contribution < 1.29 is 4.79 Å². The fourth-order valence-electron chi connectivity index (χ4n) is 3.05. The number of carbonyl (C=O) groups excluding carboxylic acids is 1. The van der Waals surface area contributed by atoms with Crippen LogP contribution in [0.3, 0.4) is 0 Å². The highest BCUT2D eigenvalue weighted by Crippen LogP contribution is 2.17. The van der Waals surface area contributed by atoms with E-state index < -0.39 is 0 Å². The van der Waals surface area contributed by atoms with Crippen molar-refractivity contribution in [3.63, 3.8) is 0 Å². The smallest absolute Gasteiger partial charge is 0.251 e. The molecule has 1 N–H and O–H groups in total. The lowest BCUT2D eigenvalue weighted by Crippen LogP contribution is -2.26. The molecule has 0 atom stereocenters. The van der Waals surface area contributed by atoms with Crippen molar-refractivity contribution in [2.24, 2.45) is 0 Å². The molecule has 2 heterocycles. The number of nitrogens with one attached hydrogen (secondary N) is 1. The highest BCUT2D eigenvalue weighted by molar-refractivity contribution is 5.94. The zero-order valence-electron chi connectivity index (χ0n) is 16.2. The molecule has 0 saturated carbocycles. The Hall–Kier alpha value is -3.15. The molecule has 6 nitrogen and oxygen atoms in total. The van der Waals surface area contributed by atoms with Crippen LogP contribution in [-0.2, 0) is 6.42 Å². The van der Waals surface area contributed by atoms with Crippen LogP contribution in [0.25, 0.3) is 5.82 Å². The second-order valence-electron chi connectivity index (χ2n) is 6.70. The first-order valence-corrected chi connectivity index (χ1v) is 8.99. The van der Waals surface area contributed by atoms with Gasteiger partial charge >= 0.3 is 0 Å². The molecule has 6 heteroatoms. The third-order valence-electron chi connectivity index (χ3n) is 4.61. The second kappa shape index (κ2) is 8.03. The van der Waals surface area contributed by atoms with Crippen molar-refractivity contribution in [1.29, 1.82) is 0 Å². The molecule has 3 aromatic rings. The maximum Gasteiger partial charge on any atom is 0.251 e. The lowest BCUT2D eigenvalue weighted by molar-refractivity contribution is 0.0954. The van der Waals surface area contributed by atoms with E-state index in [1.807, 2.05) is 80.0 Å². The van der Waals surface area contributed by atoms with Crippen LogP contribution in [0.1, 0.15) is 27.3 Å². The quantitative estimate of drug-likeness (QED) is 0.731. The highest BCUT2D eigenvalue weighted by atomic mass is 16.1. The zero-order chi connectivity index (χ0) is 19.4. The number of benzene rings is 1. The van der Waals surface area contributed by atoms with Gasteiger partial charge in [0.25, 0.3) is 5.91 Å². The minimum atomic E-state index is -0.0623. The summed E-state index contributed by atoms with van der Waals surface area (Å²) >= 11 is 0. The summed E-state index contributed by atoms with van der Waals surface area (Å²) in [4.78, 5) is 18.7. The van der Waals surface area contributed by atoms with Gasteiger partial charge in [0.05, 0.1) is 5.69 Å². The molecular weight excluding hydrogens is 338 g/mol. The fourth-order valence-corrected chi connectivity index (χ4v) is 3.05. The zero-order valence-corrected chi connectivity index (χ0v) is 16.2. The van der Waals surface area contributed by atoms with Crippen molar-refractivity contribution in [2.45, 2.75) is 20.3 Å². The Balaban J connectivity index is 1.64. The van der Waals surface area contributed by atoms with E-state index in [9.17, 15) is 4.79 Å². The number of hydrogen-bond acceptors (Lipinski definition) is 4. The van der Waals surface area contributed by atoms with E-state index in [1.165, 1.54) is 0 Å². The van der Waals surface area contributed by atoms with Crippen molar-refractivity contribution in [2.75, 3.05) is 25.5 Å². The molecule has 27 heavy (non-hydrogen) atoms. The standard InChI is InChI=1S/C21H25N5O/c1-15-19(16(2)26(24-15)20-7-5-6-13-22-20)12-14-23-21(27)17-8-10-18(11-9-17)25(3)4/h5-11,13H,12,14H2,1-4H3,(H,23,27). The molecule has 0 fully saturated rings. The Morgan fingerprint density at radius 1 is 1.11 bits per heavy atom. The van der Waals surface area contributed by atoms with Gasteiger partial charge in [-0.15, -0.1) is 0 Å². The van der Waals surface area contributed by atoms with Crippen LogP contribution in [0, 0.1) is 13.8 Å². The van der Waals surface area contributed by atoms with E-state index in [4.69, 9.17) is 0 Å². The number of pyridine rings is 1. The Labute approximate surface area is 159 Å². The van der Waals surface area contributed by atoms with Gasteiger partial charge in [-0.1, -0.05) is 6.07 Å². The van der Waals surface area contributed by atoms with Gasteiger partial charge in [-0.2, -0.15) is 5.10 Å². The van der Waals surface area contributed by atoms with E-state index >= 15 is 0 Å². The molecule has 0 aliphatic heterocycles. The number of rotatable bonds is 6. The summed E-state index contributed by atoms with van der Waals surface area (Å²) in [6.07, 6.45) is 2.49. The van der Waals surface area contributed by atoms with Crippen LogP contribution in [0.15, 0.2) is 48.7 Å². The maximum absolute atomic E-state index is 12.4. The summed E-state index contributed by atoms with van der Waals surface area (Å²) in [6.45, 7) is 4.58.